The molecule has 0 saturated heterocycles. The van der Waals surface area contributed by atoms with Crippen LogP contribution in [0.2, 0.25) is 18.1 Å². The van der Waals surface area contributed by atoms with Gasteiger partial charge in [-0.1, -0.05) is 32.9 Å². The first-order valence-electron chi connectivity index (χ1n) is 7.88. The maximum Gasteiger partial charge on any atom is 0.264 e. The van der Waals surface area contributed by atoms with Gasteiger partial charge < -0.3 is 4.43 Å². The highest BCUT2D eigenvalue weighted by Crippen LogP contribution is 2.37. The normalized spacial score (nSPS) is 14.2. The summed E-state index contributed by atoms with van der Waals surface area (Å²) in [6.07, 6.45) is 0.863. The lowest BCUT2D eigenvalue weighted by Gasteiger charge is -2.36. The first kappa shape index (κ1) is 20.8. The molecule has 0 bridgehead atoms. The van der Waals surface area contributed by atoms with Crippen LogP contribution in [0.25, 0.3) is 0 Å². The third-order valence-corrected chi connectivity index (χ3v) is 9.47. The molecule has 1 aromatic rings. The number of benzene rings is 1. The zero-order valence-electron chi connectivity index (χ0n) is 15.3. The van der Waals surface area contributed by atoms with E-state index >= 15 is 0 Å². The minimum absolute atomic E-state index is 0.0919. The molecule has 0 fully saturated rings. The zero-order chi connectivity index (χ0) is 18.6. The van der Waals surface area contributed by atoms with Crippen LogP contribution in [-0.4, -0.2) is 29.6 Å². The topological polar surface area (TPSA) is 76.4 Å². The molecule has 1 atom stereocenters. The fourth-order valence-corrected chi connectivity index (χ4v) is 3.58. The van der Waals surface area contributed by atoms with E-state index in [4.69, 9.17) is 13.9 Å². The summed E-state index contributed by atoms with van der Waals surface area (Å²) in [5.74, 6) is 0. The summed E-state index contributed by atoms with van der Waals surface area (Å²) >= 11 is 0. The van der Waals surface area contributed by atoms with Crippen molar-refractivity contribution in [2.24, 2.45) is 0 Å². The van der Waals surface area contributed by atoms with Crippen molar-refractivity contribution < 1.29 is 17.0 Å². The maximum absolute atomic E-state index is 11.6. The SMILES string of the molecule is CC(C)(C)[Si](C)(C)OCCC(OS(C)(=O)=O)c1ccc(C#N)cc1. The van der Waals surface area contributed by atoms with Crippen molar-refractivity contribution in [3.05, 3.63) is 35.4 Å². The third kappa shape index (κ3) is 6.36. The Morgan fingerprint density at radius 3 is 2.17 bits per heavy atom. The second kappa shape index (κ2) is 7.79. The van der Waals surface area contributed by atoms with Gasteiger partial charge in [0.2, 0.25) is 0 Å². The van der Waals surface area contributed by atoms with Gasteiger partial charge in [0.15, 0.2) is 8.32 Å². The minimum Gasteiger partial charge on any atom is -0.417 e. The van der Waals surface area contributed by atoms with Crippen LogP contribution in [0.4, 0.5) is 0 Å². The summed E-state index contributed by atoms with van der Waals surface area (Å²) in [5, 5.41) is 8.96. The van der Waals surface area contributed by atoms with Crippen molar-refractivity contribution in [1.82, 2.24) is 0 Å². The molecule has 0 amide bonds. The Bertz CT molecular complexity index is 685. The van der Waals surface area contributed by atoms with E-state index in [1.807, 2.05) is 6.07 Å². The van der Waals surface area contributed by atoms with Gasteiger partial charge in [-0.3, -0.25) is 4.18 Å². The predicted molar refractivity (Wildman–Crippen MR) is 97.6 cm³/mol. The Morgan fingerprint density at radius 2 is 1.75 bits per heavy atom. The zero-order valence-corrected chi connectivity index (χ0v) is 17.1. The quantitative estimate of drug-likeness (QED) is 0.536. The van der Waals surface area contributed by atoms with Gasteiger partial charge in [0.1, 0.15) is 6.10 Å². The largest absolute Gasteiger partial charge is 0.417 e. The molecule has 7 heteroatoms. The van der Waals surface area contributed by atoms with Crippen LogP contribution < -0.4 is 0 Å². The highest BCUT2D eigenvalue weighted by atomic mass is 32.2. The van der Waals surface area contributed by atoms with E-state index in [0.29, 0.717) is 18.6 Å². The summed E-state index contributed by atoms with van der Waals surface area (Å²) < 4.78 is 34.4. The summed E-state index contributed by atoms with van der Waals surface area (Å²) in [6.45, 7) is 11.2. The second-order valence-corrected chi connectivity index (χ2v) is 13.8. The van der Waals surface area contributed by atoms with Gasteiger partial charge in [-0.25, -0.2) is 0 Å². The Balaban J connectivity index is 2.86. The number of nitrogens with zero attached hydrogens (tertiary/aromatic N) is 1. The van der Waals surface area contributed by atoms with Gasteiger partial charge in [0, 0.05) is 13.0 Å². The van der Waals surface area contributed by atoms with E-state index in [0.717, 1.165) is 11.8 Å². The molecule has 0 radical (unpaired) electrons. The van der Waals surface area contributed by atoms with Gasteiger partial charge in [0.25, 0.3) is 10.1 Å². The van der Waals surface area contributed by atoms with E-state index in [-0.39, 0.29) is 5.04 Å². The lowest BCUT2D eigenvalue weighted by atomic mass is 10.1. The molecule has 0 aromatic heterocycles. The van der Waals surface area contributed by atoms with E-state index in [1.165, 1.54) is 0 Å². The highest BCUT2D eigenvalue weighted by Gasteiger charge is 2.37. The Labute approximate surface area is 146 Å². The molecule has 1 rings (SSSR count). The maximum atomic E-state index is 11.6. The summed E-state index contributed by atoms with van der Waals surface area (Å²) in [5.41, 5.74) is 1.24. The van der Waals surface area contributed by atoms with Gasteiger partial charge in [-0.15, -0.1) is 0 Å². The van der Waals surface area contributed by atoms with Crippen LogP contribution in [0.5, 0.6) is 0 Å². The van der Waals surface area contributed by atoms with Gasteiger partial charge in [-0.05, 0) is 35.8 Å². The first-order valence-corrected chi connectivity index (χ1v) is 12.6. The van der Waals surface area contributed by atoms with Crippen molar-refractivity contribution in [2.75, 3.05) is 12.9 Å². The fourth-order valence-electron chi connectivity index (χ4n) is 1.89. The molecular weight excluding hydrogens is 342 g/mol. The van der Waals surface area contributed by atoms with Gasteiger partial charge in [0.05, 0.1) is 17.9 Å². The molecule has 0 N–H and O–H groups in total. The minimum atomic E-state index is -3.59. The predicted octanol–water partition coefficient (Wildman–Crippen LogP) is 3.99. The fraction of sp³-hybridized carbons (Fsp3) is 0.588. The van der Waals surface area contributed by atoms with Gasteiger partial charge >= 0.3 is 0 Å². The summed E-state index contributed by atoms with van der Waals surface area (Å²) in [6, 6.07) is 8.80. The van der Waals surface area contributed by atoms with E-state index < -0.39 is 24.5 Å². The number of nitriles is 1. The lowest BCUT2D eigenvalue weighted by Crippen LogP contribution is -2.41. The molecule has 0 aliphatic carbocycles. The Hall–Kier alpha value is -1.20. The lowest BCUT2D eigenvalue weighted by molar-refractivity contribution is 0.165. The smallest absolute Gasteiger partial charge is 0.264 e. The van der Waals surface area contributed by atoms with Crippen LogP contribution in [0.1, 0.15) is 44.4 Å². The molecular formula is C17H27NO4SSi. The highest BCUT2D eigenvalue weighted by molar-refractivity contribution is 7.86. The molecule has 1 unspecified atom stereocenters. The van der Waals surface area contributed by atoms with Crippen molar-refractivity contribution in [1.29, 1.82) is 5.26 Å². The molecule has 0 aliphatic rings. The molecule has 24 heavy (non-hydrogen) atoms. The molecule has 5 nitrogen and oxygen atoms in total. The van der Waals surface area contributed by atoms with Crippen LogP contribution in [-0.2, 0) is 18.7 Å². The Morgan fingerprint density at radius 1 is 1.21 bits per heavy atom. The first-order chi connectivity index (χ1) is 10.9. The summed E-state index contributed by atoms with van der Waals surface area (Å²) in [7, 11) is -5.48. The van der Waals surface area contributed by atoms with E-state index in [9.17, 15) is 8.42 Å². The average Bonchev–Trinajstić information content (AvgIpc) is 2.43. The standard InChI is InChI=1S/C17H27NO4SSi/c1-17(2,3)24(5,6)21-12-11-16(22-23(4,19)20)15-9-7-14(13-18)8-10-15/h7-10,16H,11-12H2,1-6H3. The molecule has 0 heterocycles. The molecule has 1 aromatic carbocycles. The van der Waals surface area contributed by atoms with E-state index in [1.54, 1.807) is 24.3 Å². The molecule has 0 spiro atoms. The average molecular weight is 370 g/mol. The van der Waals surface area contributed by atoms with Crippen LogP contribution >= 0.6 is 0 Å². The van der Waals surface area contributed by atoms with Crippen LogP contribution in [0.3, 0.4) is 0 Å². The number of hydrogen-bond donors (Lipinski definition) is 0. The van der Waals surface area contributed by atoms with Crippen LogP contribution in [0, 0.1) is 11.3 Å². The molecule has 0 saturated carbocycles. The van der Waals surface area contributed by atoms with Crippen molar-refractivity contribution in [3.63, 3.8) is 0 Å². The van der Waals surface area contributed by atoms with Crippen molar-refractivity contribution >= 4 is 18.4 Å². The monoisotopic (exact) mass is 369 g/mol. The summed E-state index contributed by atoms with van der Waals surface area (Å²) in [4.78, 5) is 0. The van der Waals surface area contributed by atoms with Crippen molar-refractivity contribution in [2.45, 2.75) is 51.4 Å². The van der Waals surface area contributed by atoms with Crippen LogP contribution in [0.15, 0.2) is 24.3 Å². The molecule has 0 aliphatic heterocycles. The van der Waals surface area contributed by atoms with E-state index in [2.05, 4.69) is 33.9 Å². The van der Waals surface area contributed by atoms with Crippen molar-refractivity contribution in [3.8, 4) is 6.07 Å². The second-order valence-electron chi connectivity index (χ2n) is 7.42. The Kier molecular flexibility index (Phi) is 6.76. The van der Waals surface area contributed by atoms with Gasteiger partial charge in [-0.2, -0.15) is 13.7 Å². The number of hydrogen-bond acceptors (Lipinski definition) is 5. The third-order valence-electron chi connectivity index (χ3n) is 4.35. The molecule has 134 valence electrons. The number of rotatable bonds is 7.